The molecule has 0 bridgehead atoms. The van der Waals surface area contributed by atoms with Crippen molar-refractivity contribution in [3.05, 3.63) is 42.5 Å². The number of rotatable bonds is 7. The molecule has 0 unspecified atom stereocenters. The van der Waals surface area contributed by atoms with Crippen molar-refractivity contribution in [3.8, 4) is 0 Å². The molecule has 0 saturated carbocycles. The largest absolute Gasteiger partial charge is 0.300 e. The van der Waals surface area contributed by atoms with E-state index in [0.29, 0.717) is 15.8 Å². The number of nitrogens with one attached hydrogen (secondary N) is 1. The summed E-state index contributed by atoms with van der Waals surface area (Å²) in [5.41, 5.74) is 0. The number of thioether (sulfide) groups is 2. The van der Waals surface area contributed by atoms with Crippen LogP contribution in [0.2, 0.25) is 0 Å². The Bertz CT molecular complexity index is 678. The van der Waals surface area contributed by atoms with Crippen molar-refractivity contribution < 1.29 is 13.6 Å². The minimum absolute atomic E-state index is 0.0692. The third-order valence-electron chi connectivity index (χ3n) is 2.24. The summed E-state index contributed by atoms with van der Waals surface area (Å²) in [5.74, 6) is -1.34. The van der Waals surface area contributed by atoms with Gasteiger partial charge < -0.3 is 0 Å². The average Bonchev–Trinajstić information content (AvgIpc) is 2.94. The van der Waals surface area contributed by atoms with Crippen LogP contribution in [-0.4, -0.2) is 27.6 Å². The average molecular weight is 359 g/mol. The molecule has 0 aliphatic heterocycles. The third kappa shape index (κ3) is 5.08. The van der Waals surface area contributed by atoms with Gasteiger partial charge in [0.25, 0.3) is 0 Å². The van der Waals surface area contributed by atoms with Gasteiger partial charge in [-0.25, -0.2) is 8.78 Å². The number of hydrogen-bond acceptors (Lipinski definition) is 6. The van der Waals surface area contributed by atoms with Crippen LogP contribution in [0, 0.1) is 11.6 Å². The Balaban J connectivity index is 1.83. The van der Waals surface area contributed by atoms with Crippen LogP contribution in [0.5, 0.6) is 0 Å². The number of aromatic nitrogens is 2. The first kappa shape index (κ1) is 16.9. The van der Waals surface area contributed by atoms with Crippen molar-refractivity contribution in [1.82, 2.24) is 10.2 Å². The van der Waals surface area contributed by atoms with E-state index in [0.717, 1.165) is 28.2 Å². The summed E-state index contributed by atoms with van der Waals surface area (Å²) >= 11 is 3.85. The Labute approximate surface area is 138 Å². The molecule has 0 spiro atoms. The van der Waals surface area contributed by atoms with Gasteiger partial charge in [0.2, 0.25) is 11.0 Å². The monoisotopic (exact) mass is 359 g/mol. The summed E-state index contributed by atoms with van der Waals surface area (Å²) in [7, 11) is 0. The van der Waals surface area contributed by atoms with Crippen molar-refractivity contribution in [3.63, 3.8) is 0 Å². The van der Waals surface area contributed by atoms with Crippen molar-refractivity contribution in [2.75, 3.05) is 16.8 Å². The van der Waals surface area contributed by atoms with E-state index >= 15 is 0 Å². The maximum absolute atomic E-state index is 13.0. The van der Waals surface area contributed by atoms with Gasteiger partial charge in [0.05, 0.1) is 5.75 Å². The molecule has 1 N–H and O–H groups in total. The second-order valence-corrected chi connectivity index (χ2v) is 7.18. The maximum atomic E-state index is 13.0. The Hall–Kier alpha value is -1.45. The zero-order chi connectivity index (χ0) is 15.9. The highest BCUT2D eigenvalue weighted by atomic mass is 32.2. The molecule has 1 heterocycles. The van der Waals surface area contributed by atoms with Gasteiger partial charge in [0, 0.05) is 10.6 Å². The van der Waals surface area contributed by atoms with Gasteiger partial charge in [-0.1, -0.05) is 29.2 Å². The second-order valence-electron chi connectivity index (χ2n) is 3.89. The van der Waals surface area contributed by atoms with E-state index < -0.39 is 11.6 Å². The van der Waals surface area contributed by atoms with Gasteiger partial charge in [0.15, 0.2) is 16.0 Å². The summed E-state index contributed by atoms with van der Waals surface area (Å²) in [6.07, 6.45) is 1.75. The molecular formula is C13H11F2N3OS3. The van der Waals surface area contributed by atoms with Crippen LogP contribution in [0.4, 0.5) is 13.9 Å². The Morgan fingerprint density at radius 2 is 2.14 bits per heavy atom. The molecule has 1 aromatic carbocycles. The second kappa shape index (κ2) is 8.25. The standard InChI is InChI=1S/C13H11F2N3OS3/c1-2-5-20-13-18-17-12(22-13)16-11(19)7-21-8-3-4-9(14)10(15)6-8/h2-4,6H,1,5,7H2,(H,16,17,19). The summed E-state index contributed by atoms with van der Waals surface area (Å²) in [6.45, 7) is 3.61. The summed E-state index contributed by atoms with van der Waals surface area (Å²) in [6, 6.07) is 3.51. The number of nitrogens with zero attached hydrogens (tertiary/aromatic N) is 2. The van der Waals surface area contributed by atoms with E-state index in [9.17, 15) is 13.6 Å². The van der Waals surface area contributed by atoms with Crippen LogP contribution in [0.3, 0.4) is 0 Å². The highest BCUT2D eigenvalue weighted by Crippen LogP contribution is 2.26. The van der Waals surface area contributed by atoms with Crippen molar-refractivity contribution in [2.24, 2.45) is 0 Å². The van der Waals surface area contributed by atoms with Crippen LogP contribution in [0.25, 0.3) is 0 Å². The number of carbonyl (C=O) groups excluding carboxylic acids is 1. The fraction of sp³-hybridized carbons (Fsp3) is 0.154. The van der Waals surface area contributed by atoms with E-state index in [2.05, 4.69) is 22.1 Å². The van der Waals surface area contributed by atoms with E-state index in [1.807, 2.05) is 0 Å². The smallest absolute Gasteiger partial charge is 0.236 e. The third-order valence-corrected chi connectivity index (χ3v) is 5.20. The molecule has 9 heteroatoms. The summed E-state index contributed by atoms with van der Waals surface area (Å²) in [4.78, 5) is 12.3. The Kier molecular flexibility index (Phi) is 6.34. The summed E-state index contributed by atoms with van der Waals surface area (Å²) < 4.78 is 26.6. The molecule has 0 atom stereocenters. The first-order chi connectivity index (χ1) is 10.6. The quantitative estimate of drug-likeness (QED) is 0.463. The van der Waals surface area contributed by atoms with E-state index in [4.69, 9.17) is 0 Å². The fourth-order valence-corrected chi connectivity index (χ4v) is 3.57. The van der Waals surface area contributed by atoms with Crippen LogP contribution in [-0.2, 0) is 4.79 Å². The molecule has 4 nitrogen and oxygen atoms in total. The molecule has 0 aliphatic rings. The predicted octanol–water partition coefficient (Wildman–Crippen LogP) is 3.83. The molecular weight excluding hydrogens is 348 g/mol. The number of anilines is 1. The van der Waals surface area contributed by atoms with Gasteiger partial charge in [-0.2, -0.15) is 0 Å². The molecule has 2 aromatic rings. The molecule has 0 radical (unpaired) electrons. The van der Waals surface area contributed by atoms with Gasteiger partial charge in [-0.15, -0.1) is 28.5 Å². The predicted molar refractivity (Wildman–Crippen MR) is 86.5 cm³/mol. The molecule has 2 rings (SSSR count). The molecule has 0 aliphatic carbocycles. The zero-order valence-corrected chi connectivity index (χ0v) is 13.7. The van der Waals surface area contributed by atoms with Crippen LogP contribution < -0.4 is 5.32 Å². The van der Waals surface area contributed by atoms with Gasteiger partial charge >= 0.3 is 0 Å². The van der Waals surface area contributed by atoms with Crippen LogP contribution in [0.15, 0.2) is 40.1 Å². The van der Waals surface area contributed by atoms with E-state index in [1.54, 1.807) is 6.08 Å². The van der Waals surface area contributed by atoms with Crippen molar-refractivity contribution in [2.45, 2.75) is 9.24 Å². The molecule has 1 aromatic heterocycles. The lowest BCUT2D eigenvalue weighted by Crippen LogP contribution is -2.13. The van der Waals surface area contributed by atoms with Crippen molar-refractivity contribution >= 4 is 45.9 Å². The molecule has 0 saturated heterocycles. The molecule has 116 valence electrons. The first-order valence-electron chi connectivity index (χ1n) is 6.03. The van der Waals surface area contributed by atoms with Gasteiger partial charge in [-0.3, -0.25) is 10.1 Å². The highest BCUT2D eigenvalue weighted by Gasteiger charge is 2.10. The number of carbonyl (C=O) groups is 1. The lowest BCUT2D eigenvalue weighted by molar-refractivity contribution is -0.113. The lowest BCUT2D eigenvalue weighted by Gasteiger charge is -2.02. The SMILES string of the molecule is C=CCSc1nnc(NC(=O)CSc2ccc(F)c(F)c2)s1. The fourth-order valence-electron chi connectivity index (χ4n) is 1.32. The Morgan fingerprint density at radius 1 is 1.32 bits per heavy atom. The minimum atomic E-state index is -0.932. The topological polar surface area (TPSA) is 54.9 Å². The number of halogens is 2. The number of amides is 1. The summed E-state index contributed by atoms with van der Waals surface area (Å²) in [5, 5.41) is 10.8. The zero-order valence-electron chi connectivity index (χ0n) is 11.2. The van der Waals surface area contributed by atoms with Crippen LogP contribution >= 0.6 is 34.9 Å². The normalized spacial score (nSPS) is 10.5. The van der Waals surface area contributed by atoms with E-state index in [1.165, 1.54) is 29.2 Å². The number of benzene rings is 1. The maximum Gasteiger partial charge on any atom is 0.236 e. The van der Waals surface area contributed by atoms with Gasteiger partial charge in [-0.05, 0) is 18.2 Å². The lowest BCUT2D eigenvalue weighted by atomic mass is 10.3. The minimum Gasteiger partial charge on any atom is -0.300 e. The molecule has 1 amide bonds. The number of hydrogen-bond donors (Lipinski definition) is 1. The highest BCUT2D eigenvalue weighted by molar-refractivity contribution is 8.01. The van der Waals surface area contributed by atoms with Crippen LogP contribution in [0.1, 0.15) is 0 Å². The van der Waals surface area contributed by atoms with E-state index in [-0.39, 0.29) is 11.7 Å². The van der Waals surface area contributed by atoms with Gasteiger partial charge in [0.1, 0.15) is 0 Å². The Morgan fingerprint density at radius 3 is 2.86 bits per heavy atom. The molecule has 22 heavy (non-hydrogen) atoms. The first-order valence-corrected chi connectivity index (χ1v) is 8.82. The van der Waals surface area contributed by atoms with Crippen molar-refractivity contribution in [1.29, 1.82) is 0 Å². The molecule has 0 fully saturated rings.